The molecular formula is C27H40O15. The first-order chi connectivity index (χ1) is 20.4. The molecule has 238 valence electrons. The van der Waals surface area contributed by atoms with Crippen LogP contribution in [0.15, 0.2) is 38.0 Å². The van der Waals surface area contributed by atoms with Crippen LogP contribution in [-0.2, 0) is 66.5 Å². The molecule has 0 amide bonds. The van der Waals surface area contributed by atoms with Crippen molar-refractivity contribution >= 4 is 17.9 Å². The van der Waals surface area contributed by atoms with E-state index in [1.165, 1.54) is 0 Å². The van der Waals surface area contributed by atoms with E-state index in [2.05, 4.69) is 19.7 Å². The van der Waals surface area contributed by atoms with Crippen LogP contribution in [0.25, 0.3) is 0 Å². The summed E-state index contributed by atoms with van der Waals surface area (Å²) in [5.74, 6) is -1.88. The van der Waals surface area contributed by atoms with Crippen LogP contribution >= 0.6 is 0 Å². The van der Waals surface area contributed by atoms with Gasteiger partial charge in [0.25, 0.3) is 0 Å². The van der Waals surface area contributed by atoms with Gasteiger partial charge in [-0.05, 0) is 0 Å². The summed E-state index contributed by atoms with van der Waals surface area (Å²) in [7, 11) is 0. The highest BCUT2D eigenvalue weighted by Gasteiger charge is 2.37. The minimum atomic E-state index is -0.984. The Bertz CT molecular complexity index is 841. The smallest absolute Gasteiger partial charge is 0.332 e. The van der Waals surface area contributed by atoms with Crippen LogP contribution in [0.2, 0.25) is 0 Å². The Morgan fingerprint density at radius 2 is 1.10 bits per heavy atom. The van der Waals surface area contributed by atoms with E-state index < -0.39 is 42.7 Å². The van der Waals surface area contributed by atoms with Gasteiger partial charge < -0.3 is 57.2 Å². The molecule has 0 bridgehead atoms. The Kier molecular flexibility index (Phi) is 17.8. The lowest BCUT2D eigenvalue weighted by atomic mass is 10.4. The molecule has 0 radical (unpaired) electrons. The molecule has 15 nitrogen and oxygen atoms in total. The second-order valence-corrected chi connectivity index (χ2v) is 8.71. The van der Waals surface area contributed by atoms with E-state index in [1.807, 2.05) is 0 Å². The molecule has 42 heavy (non-hydrogen) atoms. The van der Waals surface area contributed by atoms with Crippen molar-refractivity contribution in [2.45, 2.75) is 37.0 Å². The monoisotopic (exact) mass is 604 g/mol. The van der Waals surface area contributed by atoms with E-state index in [1.54, 1.807) is 0 Å². The van der Waals surface area contributed by atoms with Crippen LogP contribution in [0.5, 0.6) is 0 Å². The highest BCUT2D eigenvalue weighted by molar-refractivity contribution is 5.81. The average molecular weight is 605 g/mol. The third kappa shape index (κ3) is 16.6. The minimum Gasteiger partial charge on any atom is -0.460 e. The van der Waals surface area contributed by atoms with Gasteiger partial charge in [0.15, 0.2) is 0 Å². The second kappa shape index (κ2) is 21.0. The lowest BCUT2D eigenvalue weighted by Crippen LogP contribution is -2.32. The van der Waals surface area contributed by atoms with Crippen LogP contribution in [0, 0.1) is 0 Å². The van der Waals surface area contributed by atoms with Crippen LogP contribution in [0.3, 0.4) is 0 Å². The molecule has 0 aromatic rings. The van der Waals surface area contributed by atoms with Crippen molar-refractivity contribution < 1.29 is 71.6 Å². The van der Waals surface area contributed by atoms with E-state index >= 15 is 0 Å². The first kappa shape index (κ1) is 35.5. The molecule has 0 aliphatic carbocycles. The molecule has 0 saturated carbocycles. The van der Waals surface area contributed by atoms with Crippen LogP contribution < -0.4 is 0 Å². The fourth-order valence-electron chi connectivity index (χ4n) is 2.98. The topological polar surface area (TPSA) is 180 Å². The molecule has 1 N–H and O–H groups in total. The molecule has 0 spiro atoms. The fraction of sp³-hybridized carbons (Fsp3) is 0.667. The van der Waals surface area contributed by atoms with Crippen molar-refractivity contribution in [1.82, 2.24) is 0 Å². The molecule has 2 heterocycles. The maximum absolute atomic E-state index is 11.5. The quantitative estimate of drug-likeness (QED) is 0.0315. The average Bonchev–Trinajstić information content (AvgIpc) is 3.91. The Hall–Kier alpha value is -2.73. The molecule has 6 unspecified atom stereocenters. The van der Waals surface area contributed by atoms with Crippen LogP contribution in [-0.4, -0.2) is 139 Å². The number of epoxide rings is 2. The van der Waals surface area contributed by atoms with E-state index in [9.17, 15) is 19.5 Å². The number of aliphatic hydroxyl groups is 1. The molecule has 15 heteroatoms. The molecular weight excluding hydrogens is 564 g/mol. The lowest BCUT2D eigenvalue weighted by molar-refractivity contribution is -0.185. The van der Waals surface area contributed by atoms with Crippen molar-refractivity contribution in [3.8, 4) is 0 Å². The van der Waals surface area contributed by atoms with E-state index in [-0.39, 0.29) is 78.3 Å². The Morgan fingerprint density at radius 3 is 1.57 bits per heavy atom. The van der Waals surface area contributed by atoms with Gasteiger partial charge in [-0.25, -0.2) is 14.4 Å². The largest absolute Gasteiger partial charge is 0.460 e. The fourth-order valence-corrected chi connectivity index (χ4v) is 2.98. The first-order valence-corrected chi connectivity index (χ1v) is 13.3. The number of hydrogen-bond acceptors (Lipinski definition) is 15. The zero-order valence-electron chi connectivity index (χ0n) is 23.5. The summed E-state index contributed by atoms with van der Waals surface area (Å²) in [6.07, 6.45) is -0.785. The van der Waals surface area contributed by atoms with Gasteiger partial charge in [0.1, 0.15) is 31.0 Å². The zero-order chi connectivity index (χ0) is 30.6. The molecule has 2 aliphatic heterocycles. The number of carbonyl (C=O) groups is 3. The zero-order valence-corrected chi connectivity index (χ0v) is 23.5. The SMILES string of the molecule is C=CC(=O)OCC(O)COCCOCC(COCCOC(OC(=O)C=C)C1CO1)OCCOC(OC(=O)C=C)C1CO1. The number of esters is 3. The van der Waals surface area contributed by atoms with Crippen molar-refractivity contribution in [1.29, 1.82) is 0 Å². The summed E-state index contributed by atoms with van der Waals surface area (Å²) in [6, 6.07) is 0. The minimum absolute atomic E-state index is 0.0501. The van der Waals surface area contributed by atoms with Gasteiger partial charge in [0, 0.05) is 18.2 Å². The standard InChI is InChI=1S/C27H40O15/c1-4-23(29)40-14-19(28)13-32-7-8-33-15-20(35-11-12-37-27(22-18-39-22)42-25(31)6-3)16-34-9-10-36-26(21-17-38-21)41-24(30)5-2/h4-6,19-22,26-28H,1-3,7-18H2. The maximum Gasteiger partial charge on any atom is 0.332 e. The highest BCUT2D eigenvalue weighted by Crippen LogP contribution is 2.19. The number of aliphatic hydroxyl groups excluding tert-OH is 1. The Morgan fingerprint density at radius 1 is 0.667 bits per heavy atom. The molecule has 2 rings (SSSR count). The summed E-state index contributed by atoms with van der Waals surface area (Å²) in [4.78, 5) is 34.0. The van der Waals surface area contributed by atoms with Crippen molar-refractivity contribution in [3.63, 3.8) is 0 Å². The summed E-state index contributed by atoms with van der Waals surface area (Å²) in [5, 5.41) is 9.75. The van der Waals surface area contributed by atoms with Gasteiger partial charge in [-0.15, -0.1) is 0 Å². The van der Waals surface area contributed by atoms with Crippen LogP contribution in [0.4, 0.5) is 0 Å². The number of hydrogen-bond donors (Lipinski definition) is 1. The lowest BCUT2D eigenvalue weighted by Gasteiger charge is -2.20. The molecule has 0 aromatic carbocycles. The second-order valence-electron chi connectivity index (χ2n) is 8.71. The van der Waals surface area contributed by atoms with Gasteiger partial charge >= 0.3 is 17.9 Å². The van der Waals surface area contributed by atoms with Gasteiger partial charge in [0.05, 0.1) is 72.7 Å². The van der Waals surface area contributed by atoms with Crippen molar-refractivity contribution in [3.05, 3.63) is 38.0 Å². The van der Waals surface area contributed by atoms with Gasteiger partial charge in [-0.1, -0.05) is 19.7 Å². The van der Waals surface area contributed by atoms with E-state index in [4.69, 9.17) is 52.1 Å². The highest BCUT2D eigenvalue weighted by atomic mass is 16.7. The first-order valence-electron chi connectivity index (χ1n) is 13.3. The molecule has 2 saturated heterocycles. The summed E-state index contributed by atoms with van der Waals surface area (Å²) < 4.78 is 58.7. The van der Waals surface area contributed by atoms with Crippen molar-refractivity contribution in [2.24, 2.45) is 0 Å². The van der Waals surface area contributed by atoms with Crippen molar-refractivity contribution in [2.75, 3.05) is 79.3 Å². The van der Waals surface area contributed by atoms with E-state index in [0.29, 0.717) is 13.2 Å². The Balaban J connectivity index is 1.68. The predicted molar refractivity (Wildman–Crippen MR) is 141 cm³/mol. The maximum atomic E-state index is 11.5. The normalized spacial score (nSPS) is 19.9. The molecule has 0 aromatic heterocycles. The number of ether oxygens (including phenoxy) is 11. The number of rotatable bonds is 27. The molecule has 2 fully saturated rings. The van der Waals surface area contributed by atoms with Crippen LogP contribution in [0.1, 0.15) is 0 Å². The third-order valence-electron chi connectivity index (χ3n) is 5.23. The summed E-state index contributed by atoms with van der Waals surface area (Å²) in [5.41, 5.74) is 0. The van der Waals surface area contributed by atoms with Gasteiger partial charge in [-0.3, -0.25) is 0 Å². The number of carbonyl (C=O) groups excluding carboxylic acids is 3. The third-order valence-corrected chi connectivity index (χ3v) is 5.23. The van der Waals surface area contributed by atoms with Gasteiger partial charge in [-0.2, -0.15) is 0 Å². The summed E-state index contributed by atoms with van der Waals surface area (Å²) in [6.45, 7) is 11.7. The molecule has 2 aliphatic rings. The predicted octanol–water partition coefficient (Wildman–Crippen LogP) is -0.547. The summed E-state index contributed by atoms with van der Waals surface area (Å²) >= 11 is 0. The molecule has 6 atom stereocenters. The Labute approximate surface area is 244 Å². The van der Waals surface area contributed by atoms with Gasteiger partial charge in [0.2, 0.25) is 12.6 Å². The van der Waals surface area contributed by atoms with E-state index in [0.717, 1.165) is 18.2 Å².